The molecule has 4 aromatic rings. The second kappa shape index (κ2) is 7.20. The average molecular weight is 418 g/mol. The van der Waals surface area contributed by atoms with Crippen LogP contribution in [0.5, 0.6) is 0 Å². The fourth-order valence-electron chi connectivity index (χ4n) is 4.69. The number of benzene rings is 4. The molecule has 0 fully saturated rings. The summed E-state index contributed by atoms with van der Waals surface area (Å²) in [6, 6.07) is 23.9. The normalized spacial score (nSPS) is 14.0. The van der Waals surface area contributed by atoms with Crippen molar-refractivity contribution in [2.45, 2.75) is 12.8 Å². The number of rotatable bonds is 2. The predicted octanol–water partition coefficient (Wildman–Crippen LogP) is 5.57. The molecule has 2 aliphatic rings. The molecule has 2 aliphatic carbocycles. The van der Waals surface area contributed by atoms with Crippen molar-refractivity contribution in [3.8, 4) is 0 Å². The maximum Gasteiger partial charge on any atom is 0.423 e. The first-order valence-corrected chi connectivity index (χ1v) is 10.6. The van der Waals surface area contributed by atoms with Crippen molar-refractivity contribution in [1.82, 2.24) is 0 Å². The van der Waals surface area contributed by atoms with Gasteiger partial charge < -0.3 is 9.47 Å². The first-order chi connectivity index (χ1) is 15.7. The Bertz CT molecular complexity index is 1380. The standard InChI is InChI=1S/C28H18O4/c29-27(31-23-15-13-19-7-1-5-17-9-3-11-21(23)25(17)19)28(30)32-24-16-14-20-8-2-6-18-10-4-12-22(24)26(18)20/h1-12,15-16H,13-14H2. The van der Waals surface area contributed by atoms with Gasteiger partial charge in [0.1, 0.15) is 11.5 Å². The van der Waals surface area contributed by atoms with Crippen LogP contribution in [0.3, 0.4) is 0 Å². The van der Waals surface area contributed by atoms with Gasteiger partial charge >= 0.3 is 11.9 Å². The highest BCUT2D eigenvalue weighted by molar-refractivity contribution is 6.32. The lowest BCUT2D eigenvalue weighted by molar-refractivity contribution is -0.159. The molecule has 0 atom stereocenters. The molecule has 0 aromatic heterocycles. The molecule has 4 nitrogen and oxygen atoms in total. The largest absolute Gasteiger partial charge is 0.423 e. The highest BCUT2D eigenvalue weighted by atomic mass is 16.6. The van der Waals surface area contributed by atoms with Crippen LogP contribution in [0, 0.1) is 0 Å². The van der Waals surface area contributed by atoms with Crippen molar-refractivity contribution in [3.63, 3.8) is 0 Å². The lowest BCUT2D eigenvalue weighted by atomic mass is 9.92. The number of hydrogen-bond acceptors (Lipinski definition) is 4. The Labute approximate surface area is 184 Å². The summed E-state index contributed by atoms with van der Waals surface area (Å²) in [6.45, 7) is 0. The molecule has 0 spiro atoms. The van der Waals surface area contributed by atoms with Crippen molar-refractivity contribution in [3.05, 3.63) is 107 Å². The van der Waals surface area contributed by atoms with Gasteiger partial charge in [0.15, 0.2) is 0 Å². The highest BCUT2D eigenvalue weighted by Gasteiger charge is 2.26. The summed E-state index contributed by atoms with van der Waals surface area (Å²) in [6.07, 6.45) is 4.93. The van der Waals surface area contributed by atoms with Crippen LogP contribution in [0.2, 0.25) is 0 Å². The molecule has 0 radical (unpaired) electrons. The molecule has 32 heavy (non-hydrogen) atoms. The number of carbonyl (C=O) groups is 2. The Morgan fingerprint density at radius 1 is 0.562 bits per heavy atom. The van der Waals surface area contributed by atoms with E-state index >= 15 is 0 Å². The predicted molar refractivity (Wildman–Crippen MR) is 123 cm³/mol. The van der Waals surface area contributed by atoms with Gasteiger partial charge in [-0.25, -0.2) is 9.59 Å². The Morgan fingerprint density at radius 3 is 1.41 bits per heavy atom. The van der Waals surface area contributed by atoms with Crippen molar-refractivity contribution in [1.29, 1.82) is 0 Å². The Hall–Kier alpha value is -4.18. The van der Waals surface area contributed by atoms with Gasteiger partial charge in [0.05, 0.1) is 0 Å². The molecule has 6 rings (SSSR count). The minimum Gasteiger partial charge on any atom is -0.418 e. The third-order valence-corrected chi connectivity index (χ3v) is 6.10. The Balaban J connectivity index is 1.25. The third kappa shape index (κ3) is 2.92. The highest BCUT2D eigenvalue weighted by Crippen LogP contribution is 2.35. The summed E-state index contributed by atoms with van der Waals surface area (Å²) in [7, 11) is 0. The van der Waals surface area contributed by atoms with E-state index < -0.39 is 11.9 Å². The van der Waals surface area contributed by atoms with Crippen LogP contribution in [-0.2, 0) is 31.9 Å². The van der Waals surface area contributed by atoms with Gasteiger partial charge in [0.2, 0.25) is 0 Å². The van der Waals surface area contributed by atoms with Gasteiger partial charge in [0.25, 0.3) is 0 Å². The molecular weight excluding hydrogens is 400 g/mol. The molecule has 4 aromatic carbocycles. The monoisotopic (exact) mass is 418 g/mol. The third-order valence-electron chi connectivity index (χ3n) is 6.10. The number of ether oxygens (including phenoxy) is 2. The topological polar surface area (TPSA) is 52.6 Å². The zero-order chi connectivity index (χ0) is 21.7. The molecule has 0 amide bonds. The minimum absolute atomic E-state index is 0.390. The molecule has 0 saturated carbocycles. The van der Waals surface area contributed by atoms with Crippen molar-refractivity contribution in [2.75, 3.05) is 0 Å². The summed E-state index contributed by atoms with van der Waals surface area (Å²) in [5.74, 6) is -1.28. The van der Waals surface area contributed by atoms with Crippen molar-refractivity contribution < 1.29 is 19.1 Å². The smallest absolute Gasteiger partial charge is 0.418 e. The van der Waals surface area contributed by atoms with E-state index in [1.165, 1.54) is 11.1 Å². The number of esters is 2. The molecule has 0 heterocycles. The first kappa shape index (κ1) is 18.6. The summed E-state index contributed by atoms with van der Waals surface area (Å²) < 4.78 is 11.0. The second-order valence-corrected chi connectivity index (χ2v) is 7.97. The van der Waals surface area contributed by atoms with Crippen LogP contribution >= 0.6 is 0 Å². The molecule has 154 valence electrons. The minimum atomic E-state index is -1.03. The van der Waals surface area contributed by atoms with E-state index in [0.717, 1.165) is 32.7 Å². The lowest BCUT2D eigenvalue weighted by Gasteiger charge is -2.19. The van der Waals surface area contributed by atoms with Gasteiger partial charge in [-0.3, -0.25) is 0 Å². The van der Waals surface area contributed by atoms with Gasteiger partial charge in [-0.15, -0.1) is 0 Å². The average Bonchev–Trinajstić information content (AvgIpc) is 2.83. The van der Waals surface area contributed by atoms with Crippen LogP contribution in [0.25, 0.3) is 33.1 Å². The second-order valence-electron chi connectivity index (χ2n) is 7.97. The number of allylic oxidation sites excluding steroid dienone is 2. The fourth-order valence-corrected chi connectivity index (χ4v) is 4.69. The molecular formula is C28H18O4. The van der Waals surface area contributed by atoms with Crippen molar-refractivity contribution in [2.24, 2.45) is 0 Å². The van der Waals surface area contributed by atoms with E-state index in [1.807, 2.05) is 72.8 Å². The molecule has 0 saturated heterocycles. The van der Waals surface area contributed by atoms with E-state index in [9.17, 15) is 9.59 Å². The molecule has 0 bridgehead atoms. The van der Waals surface area contributed by atoms with Crippen LogP contribution in [0.15, 0.2) is 84.9 Å². The van der Waals surface area contributed by atoms with Crippen LogP contribution in [-0.4, -0.2) is 11.9 Å². The summed E-state index contributed by atoms with van der Waals surface area (Å²) >= 11 is 0. The van der Waals surface area contributed by atoms with Gasteiger partial charge in [-0.05, 0) is 57.7 Å². The van der Waals surface area contributed by atoms with Gasteiger partial charge in [-0.1, -0.05) is 72.8 Å². The SMILES string of the molecule is O=C(OC1=CCc2cccc3cccc1c23)C(=O)OC1=CCc2cccc3cccc1c23. The molecule has 0 aliphatic heterocycles. The van der Waals surface area contributed by atoms with Gasteiger partial charge in [-0.2, -0.15) is 0 Å². The zero-order valence-corrected chi connectivity index (χ0v) is 17.1. The lowest BCUT2D eigenvalue weighted by Crippen LogP contribution is -2.20. The maximum absolute atomic E-state index is 12.6. The van der Waals surface area contributed by atoms with E-state index in [-0.39, 0.29) is 0 Å². The fraction of sp³-hybridized carbons (Fsp3) is 0.0714. The first-order valence-electron chi connectivity index (χ1n) is 10.6. The maximum atomic E-state index is 12.6. The summed E-state index contributed by atoms with van der Waals surface area (Å²) in [5, 5.41) is 4.24. The van der Waals surface area contributed by atoms with E-state index in [4.69, 9.17) is 9.47 Å². The number of hydrogen-bond donors (Lipinski definition) is 0. The summed E-state index contributed by atoms with van der Waals surface area (Å²) in [4.78, 5) is 25.3. The molecule has 0 unspecified atom stereocenters. The van der Waals surface area contributed by atoms with Crippen LogP contribution in [0.1, 0.15) is 22.3 Å². The van der Waals surface area contributed by atoms with Crippen LogP contribution in [0.4, 0.5) is 0 Å². The summed E-state index contributed by atoms with van der Waals surface area (Å²) in [5.41, 5.74) is 3.95. The van der Waals surface area contributed by atoms with E-state index in [0.29, 0.717) is 24.4 Å². The quantitative estimate of drug-likeness (QED) is 0.315. The Morgan fingerprint density at radius 2 is 0.969 bits per heavy atom. The van der Waals surface area contributed by atoms with Crippen molar-refractivity contribution >= 4 is 45.0 Å². The zero-order valence-electron chi connectivity index (χ0n) is 17.1. The number of carbonyl (C=O) groups excluding carboxylic acids is 2. The van der Waals surface area contributed by atoms with Crippen LogP contribution < -0.4 is 0 Å². The Kier molecular flexibility index (Phi) is 4.18. The van der Waals surface area contributed by atoms with E-state index in [2.05, 4.69) is 12.1 Å². The van der Waals surface area contributed by atoms with Gasteiger partial charge in [0, 0.05) is 11.1 Å². The molecule has 0 N–H and O–H groups in total. The van der Waals surface area contributed by atoms with E-state index in [1.54, 1.807) is 0 Å². The molecule has 4 heteroatoms.